The highest BCUT2D eigenvalue weighted by atomic mass is 79.9. The van der Waals surface area contributed by atoms with E-state index in [4.69, 9.17) is 9.88 Å². The van der Waals surface area contributed by atoms with Gasteiger partial charge in [0.25, 0.3) is 0 Å². The molecule has 4 nitrogen and oxygen atoms in total. The van der Waals surface area contributed by atoms with Gasteiger partial charge in [-0.3, -0.25) is 0 Å². The first-order valence-corrected chi connectivity index (χ1v) is 6.47. The van der Waals surface area contributed by atoms with E-state index < -0.39 is 15.8 Å². The van der Waals surface area contributed by atoms with Gasteiger partial charge < -0.3 is 4.74 Å². The molecule has 0 aliphatic heterocycles. The number of hydrogen-bond donors (Lipinski definition) is 1. The van der Waals surface area contributed by atoms with Crippen LogP contribution in [0, 0.1) is 5.82 Å². The normalized spacial score (nSPS) is 11.4. The highest BCUT2D eigenvalue weighted by Crippen LogP contribution is 2.21. The third-order valence-corrected chi connectivity index (χ3v) is 2.87. The fourth-order valence-corrected chi connectivity index (χ4v) is 1.52. The van der Waals surface area contributed by atoms with E-state index in [0.717, 1.165) is 0 Å². The average Bonchev–Trinajstić information content (AvgIpc) is 2.09. The molecule has 0 saturated carbocycles. The summed E-state index contributed by atoms with van der Waals surface area (Å²) in [5.74, 6) is -0.303. The van der Waals surface area contributed by atoms with Gasteiger partial charge in [0.05, 0.1) is 10.2 Å². The number of ether oxygens (including phenoxy) is 1. The molecule has 0 atom stereocenters. The van der Waals surface area contributed by atoms with Gasteiger partial charge in [-0.25, -0.2) is 17.9 Å². The Balaban J connectivity index is 2.55. The Morgan fingerprint density at radius 2 is 2.13 bits per heavy atom. The van der Waals surface area contributed by atoms with E-state index >= 15 is 0 Å². The van der Waals surface area contributed by atoms with Crippen molar-refractivity contribution in [3.05, 3.63) is 28.5 Å². The molecule has 0 bridgehead atoms. The fraction of sp³-hybridized carbons (Fsp3) is 0.250. The second kappa shape index (κ2) is 4.91. The van der Waals surface area contributed by atoms with Gasteiger partial charge in [-0.15, -0.1) is 0 Å². The fourth-order valence-electron chi connectivity index (χ4n) is 0.842. The molecule has 0 aliphatic rings. The molecule has 1 aromatic rings. The molecule has 0 radical (unpaired) electrons. The van der Waals surface area contributed by atoms with E-state index in [9.17, 15) is 12.8 Å². The van der Waals surface area contributed by atoms with Gasteiger partial charge in [-0.1, -0.05) is 0 Å². The molecule has 7 heteroatoms. The lowest BCUT2D eigenvalue weighted by atomic mass is 10.3. The molecule has 0 unspecified atom stereocenters. The number of rotatable bonds is 4. The van der Waals surface area contributed by atoms with Gasteiger partial charge in [0.15, 0.2) is 0 Å². The van der Waals surface area contributed by atoms with Gasteiger partial charge in [0, 0.05) is 0 Å². The number of sulfonamides is 1. The van der Waals surface area contributed by atoms with Crippen molar-refractivity contribution in [2.24, 2.45) is 5.14 Å². The summed E-state index contributed by atoms with van der Waals surface area (Å²) < 4.78 is 39.3. The maximum absolute atomic E-state index is 12.8. The van der Waals surface area contributed by atoms with Crippen molar-refractivity contribution >= 4 is 26.0 Å². The van der Waals surface area contributed by atoms with Crippen LogP contribution in [0.4, 0.5) is 4.39 Å². The maximum Gasteiger partial charge on any atom is 0.212 e. The van der Waals surface area contributed by atoms with Crippen LogP contribution in [-0.4, -0.2) is 20.8 Å². The van der Waals surface area contributed by atoms with E-state index in [1.54, 1.807) is 0 Å². The molecule has 15 heavy (non-hydrogen) atoms. The number of primary sulfonamides is 1. The molecule has 0 spiro atoms. The van der Waals surface area contributed by atoms with Crippen LogP contribution >= 0.6 is 15.9 Å². The third-order valence-electron chi connectivity index (χ3n) is 1.53. The Bertz CT molecular complexity index is 449. The molecule has 0 fully saturated rings. The molecule has 0 saturated heterocycles. The van der Waals surface area contributed by atoms with Gasteiger partial charge in [0.2, 0.25) is 10.0 Å². The maximum atomic E-state index is 12.8. The first-order chi connectivity index (χ1) is 6.88. The average molecular weight is 298 g/mol. The predicted octanol–water partition coefficient (Wildman–Crippen LogP) is 1.26. The van der Waals surface area contributed by atoms with E-state index in [1.807, 2.05) is 0 Å². The minimum Gasteiger partial charge on any atom is -0.492 e. The summed E-state index contributed by atoms with van der Waals surface area (Å²) in [6.45, 7) is -0.0586. The monoisotopic (exact) mass is 297 g/mol. The summed E-state index contributed by atoms with van der Waals surface area (Å²) in [4.78, 5) is 0. The second-order valence-electron chi connectivity index (χ2n) is 2.79. The van der Waals surface area contributed by atoms with Crippen LogP contribution in [0.5, 0.6) is 5.75 Å². The van der Waals surface area contributed by atoms with Crippen LogP contribution in [-0.2, 0) is 10.0 Å². The smallest absolute Gasteiger partial charge is 0.212 e. The van der Waals surface area contributed by atoms with E-state index in [2.05, 4.69) is 15.9 Å². The number of nitrogens with two attached hydrogens (primary N) is 1. The molecule has 1 rings (SSSR count). The summed E-state index contributed by atoms with van der Waals surface area (Å²) >= 11 is 2.98. The van der Waals surface area contributed by atoms with Crippen LogP contribution < -0.4 is 9.88 Å². The van der Waals surface area contributed by atoms with E-state index in [-0.39, 0.29) is 16.8 Å². The molecule has 0 aliphatic carbocycles. The summed E-state index contributed by atoms with van der Waals surface area (Å²) in [6, 6.07) is 4.04. The Labute approximate surface area is 95.4 Å². The minimum absolute atomic E-state index is 0.0586. The zero-order valence-electron chi connectivity index (χ0n) is 7.61. The Morgan fingerprint density at radius 1 is 1.47 bits per heavy atom. The van der Waals surface area contributed by atoms with Crippen LogP contribution in [0.25, 0.3) is 0 Å². The Kier molecular flexibility index (Phi) is 4.06. The predicted molar refractivity (Wildman–Crippen MR) is 57.6 cm³/mol. The van der Waals surface area contributed by atoms with Gasteiger partial charge in [-0.05, 0) is 34.1 Å². The van der Waals surface area contributed by atoms with E-state index in [0.29, 0.717) is 5.75 Å². The standard InChI is InChI=1S/C8H9BrFNO3S/c9-7-5-6(1-2-8(7)10)14-3-4-15(11,12)13/h1-2,5H,3-4H2,(H2,11,12,13). The number of hydrogen-bond acceptors (Lipinski definition) is 3. The molecule has 84 valence electrons. The van der Waals surface area contributed by atoms with Crippen molar-refractivity contribution in [2.75, 3.05) is 12.4 Å². The van der Waals surface area contributed by atoms with Crippen LogP contribution in [0.3, 0.4) is 0 Å². The van der Waals surface area contributed by atoms with Crippen molar-refractivity contribution in [1.29, 1.82) is 0 Å². The second-order valence-corrected chi connectivity index (χ2v) is 5.38. The molecule has 0 aromatic heterocycles. The van der Waals surface area contributed by atoms with Gasteiger partial charge in [-0.2, -0.15) is 0 Å². The van der Waals surface area contributed by atoms with Crippen LogP contribution in [0.1, 0.15) is 0 Å². The zero-order valence-corrected chi connectivity index (χ0v) is 10.0. The highest BCUT2D eigenvalue weighted by Gasteiger charge is 2.04. The largest absolute Gasteiger partial charge is 0.492 e. The number of halogens is 2. The molecular weight excluding hydrogens is 289 g/mol. The lowest BCUT2D eigenvalue weighted by Gasteiger charge is -2.05. The summed E-state index contributed by atoms with van der Waals surface area (Å²) in [5.41, 5.74) is 0. The van der Waals surface area contributed by atoms with Crippen molar-refractivity contribution in [2.45, 2.75) is 0 Å². The van der Waals surface area contributed by atoms with Crippen molar-refractivity contribution < 1.29 is 17.5 Å². The SMILES string of the molecule is NS(=O)(=O)CCOc1ccc(F)c(Br)c1. The summed E-state index contributed by atoms with van der Waals surface area (Å²) in [5, 5.41) is 4.78. The summed E-state index contributed by atoms with van der Waals surface area (Å²) in [6.07, 6.45) is 0. The van der Waals surface area contributed by atoms with Crippen LogP contribution in [0.15, 0.2) is 22.7 Å². The topological polar surface area (TPSA) is 69.4 Å². The lowest BCUT2D eigenvalue weighted by molar-refractivity contribution is 0.340. The summed E-state index contributed by atoms with van der Waals surface area (Å²) in [7, 11) is -3.52. The first kappa shape index (κ1) is 12.4. The van der Waals surface area contributed by atoms with Crippen LogP contribution in [0.2, 0.25) is 0 Å². The van der Waals surface area contributed by atoms with E-state index in [1.165, 1.54) is 18.2 Å². The molecule has 0 heterocycles. The van der Waals surface area contributed by atoms with Gasteiger partial charge in [0.1, 0.15) is 18.2 Å². The number of benzene rings is 1. The molecule has 2 N–H and O–H groups in total. The lowest BCUT2D eigenvalue weighted by Crippen LogP contribution is -2.21. The quantitative estimate of drug-likeness (QED) is 0.909. The zero-order chi connectivity index (χ0) is 11.5. The highest BCUT2D eigenvalue weighted by molar-refractivity contribution is 9.10. The first-order valence-electron chi connectivity index (χ1n) is 3.97. The Hall–Kier alpha value is -0.660. The molecule has 0 amide bonds. The molecule has 1 aromatic carbocycles. The minimum atomic E-state index is -3.52. The third kappa shape index (κ3) is 4.59. The Morgan fingerprint density at radius 3 is 2.67 bits per heavy atom. The van der Waals surface area contributed by atoms with Crippen molar-refractivity contribution in [3.8, 4) is 5.75 Å². The molecular formula is C8H9BrFNO3S. The van der Waals surface area contributed by atoms with Crippen molar-refractivity contribution in [3.63, 3.8) is 0 Å². The van der Waals surface area contributed by atoms with Crippen molar-refractivity contribution in [1.82, 2.24) is 0 Å². The van der Waals surface area contributed by atoms with Gasteiger partial charge >= 0.3 is 0 Å².